The molecule has 0 bridgehead atoms. The fraction of sp³-hybridized carbons (Fsp3) is 0.143. The molecular weight excluding hydrogens is 839 g/mol. The molecule has 0 aliphatic carbocycles. The highest BCUT2D eigenvalue weighted by molar-refractivity contribution is 7.92. The van der Waals surface area contributed by atoms with Gasteiger partial charge >= 0.3 is 12.4 Å². The van der Waals surface area contributed by atoms with Crippen LogP contribution in [0.4, 0.5) is 40.8 Å². The molecule has 61 heavy (non-hydrogen) atoms. The number of ether oxygens (including phenoxy) is 1. The number of hydrogen-bond acceptors (Lipinski definition) is 7. The minimum absolute atomic E-state index is 0.108. The van der Waals surface area contributed by atoms with E-state index in [1.807, 2.05) is 0 Å². The number of carbonyl (C=O) groups is 2. The zero-order valence-electron chi connectivity index (χ0n) is 31.7. The zero-order chi connectivity index (χ0) is 44.5. The standard InChI is InChI=1S/C21H17F4N3O3S.C21H16F4N2O2/c1-32(30,31)28-16-10-6-14(7-11-16)20(29)27-18(19-17(22)3-2-12-26-19)13-4-8-15(9-5-13)21(23,24)25;1-29-16-5-2-4-14(12-16)20(28)27-18(19-17(22)6-3-11-26-19)13-7-9-15(10-8-13)21(23,24)25/h2-12,18,28H,1H3,(H,27,29);2-12,18H,1H3,(H,27,28)/t18-;/m0./s1. The predicted octanol–water partition coefficient (Wildman–Crippen LogP) is 8.90. The smallest absolute Gasteiger partial charge is 0.416 e. The van der Waals surface area contributed by atoms with Crippen molar-refractivity contribution in [2.24, 2.45) is 0 Å². The molecule has 2 heterocycles. The van der Waals surface area contributed by atoms with Crippen molar-refractivity contribution in [3.05, 3.63) is 190 Å². The Kier molecular flexibility index (Phi) is 14.1. The topological polar surface area (TPSA) is 139 Å². The molecule has 3 N–H and O–H groups in total. The highest BCUT2D eigenvalue weighted by Gasteiger charge is 2.32. The zero-order valence-corrected chi connectivity index (χ0v) is 32.5. The molecule has 0 saturated carbocycles. The van der Waals surface area contributed by atoms with Crippen molar-refractivity contribution in [3.63, 3.8) is 0 Å². The molecule has 4 aromatic carbocycles. The van der Waals surface area contributed by atoms with Crippen molar-refractivity contribution in [2.75, 3.05) is 18.1 Å². The second kappa shape index (κ2) is 19.0. The molecule has 1 unspecified atom stereocenters. The number of amides is 2. The summed E-state index contributed by atoms with van der Waals surface area (Å²) in [6, 6.07) is 22.6. The van der Waals surface area contributed by atoms with Crippen molar-refractivity contribution in [3.8, 4) is 5.75 Å². The Balaban J connectivity index is 0.000000232. The average Bonchev–Trinajstić information content (AvgIpc) is 3.22. The molecule has 10 nitrogen and oxygen atoms in total. The molecule has 0 saturated heterocycles. The van der Waals surface area contributed by atoms with Crippen LogP contribution in [-0.2, 0) is 22.4 Å². The highest BCUT2D eigenvalue weighted by Crippen LogP contribution is 2.33. The van der Waals surface area contributed by atoms with Crippen molar-refractivity contribution in [1.29, 1.82) is 0 Å². The quantitative estimate of drug-likeness (QED) is 0.111. The van der Waals surface area contributed by atoms with Gasteiger partial charge in [0.1, 0.15) is 28.8 Å². The van der Waals surface area contributed by atoms with E-state index in [0.29, 0.717) is 5.75 Å². The molecule has 2 amide bonds. The van der Waals surface area contributed by atoms with E-state index in [-0.39, 0.29) is 39.3 Å². The maximum Gasteiger partial charge on any atom is 0.416 e. The molecule has 0 fully saturated rings. The molecule has 0 aliphatic heterocycles. The number of methoxy groups -OCH3 is 1. The second-order valence-electron chi connectivity index (χ2n) is 13.0. The number of nitrogens with zero attached hydrogens (tertiary/aromatic N) is 2. The molecule has 2 atom stereocenters. The number of halogens is 8. The summed E-state index contributed by atoms with van der Waals surface area (Å²) in [5.41, 5.74) is -0.956. The number of sulfonamides is 1. The van der Waals surface area contributed by atoms with E-state index >= 15 is 0 Å². The maximum atomic E-state index is 14.4. The van der Waals surface area contributed by atoms with Crippen LogP contribution < -0.4 is 20.1 Å². The van der Waals surface area contributed by atoms with Gasteiger partial charge in [0.15, 0.2) is 0 Å². The van der Waals surface area contributed by atoms with Gasteiger partial charge in [0, 0.05) is 29.2 Å². The van der Waals surface area contributed by atoms with Gasteiger partial charge in [-0.05, 0) is 102 Å². The molecule has 318 valence electrons. The van der Waals surface area contributed by atoms with E-state index in [1.54, 1.807) is 12.1 Å². The van der Waals surface area contributed by atoms with Crippen LogP contribution in [0.15, 0.2) is 134 Å². The lowest BCUT2D eigenvalue weighted by molar-refractivity contribution is -0.138. The summed E-state index contributed by atoms with van der Waals surface area (Å²) in [7, 11) is -2.05. The minimum Gasteiger partial charge on any atom is -0.497 e. The van der Waals surface area contributed by atoms with Gasteiger partial charge in [-0.25, -0.2) is 17.2 Å². The Morgan fingerprint density at radius 3 is 1.44 bits per heavy atom. The fourth-order valence-electron chi connectivity index (χ4n) is 5.67. The lowest BCUT2D eigenvalue weighted by atomic mass is 10.00. The van der Waals surface area contributed by atoms with E-state index < -0.39 is 69.0 Å². The van der Waals surface area contributed by atoms with E-state index in [0.717, 1.165) is 54.8 Å². The number of anilines is 1. The summed E-state index contributed by atoms with van der Waals surface area (Å²) >= 11 is 0. The van der Waals surface area contributed by atoms with Crippen molar-refractivity contribution < 1.29 is 57.9 Å². The van der Waals surface area contributed by atoms with Gasteiger partial charge in [-0.3, -0.25) is 24.3 Å². The normalized spacial score (nSPS) is 12.6. The van der Waals surface area contributed by atoms with Crippen LogP contribution in [0.3, 0.4) is 0 Å². The first kappa shape index (κ1) is 45.2. The van der Waals surface area contributed by atoms with Crippen LogP contribution in [-0.4, -0.2) is 43.6 Å². The SMILES string of the molecule is COc1cccc(C(=O)NC(c2ccc(C(F)(F)F)cc2)c2ncccc2F)c1.CS(=O)(=O)Nc1ccc(C(=O)N[C@@H](c2ccc(C(F)(F)F)cc2)c2ncccc2F)cc1. The molecule has 6 aromatic rings. The van der Waals surface area contributed by atoms with Gasteiger partial charge in [-0.1, -0.05) is 30.3 Å². The Morgan fingerprint density at radius 1 is 0.607 bits per heavy atom. The number of rotatable bonds is 11. The Labute approximate surface area is 343 Å². The van der Waals surface area contributed by atoms with Gasteiger partial charge in [-0.15, -0.1) is 0 Å². The minimum atomic E-state index is -4.55. The van der Waals surface area contributed by atoms with Gasteiger partial charge < -0.3 is 15.4 Å². The molecule has 2 aromatic heterocycles. The van der Waals surface area contributed by atoms with E-state index in [1.165, 1.54) is 80.2 Å². The monoisotopic (exact) mass is 871 g/mol. The van der Waals surface area contributed by atoms with Crippen LogP contribution in [0.25, 0.3) is 0 Å². The summed E-state index contributed by atoms with van der Waals surface area (Å²) in [5.74, 6) is -2.20. The van der Waals surface area contributed by atoms with Crippen LogP contribution in [0.5, 0.6) is 5.75 Å². The van der Waals surface area contributed by atoms with Crippen molar-refractivity contribution >= 4 is 27.5 Å². The summed E-state index contributed by atoms with van der Waals surface area (Å²) in [6.45, 7) is 0. The third-order valence-electron chi connectivity index (χ3n) is 8.60. The predicted molar refractivity (Wildman–Crippen MR) is 208 cm³/mol. The highest BCUT2D eigenvalue weighted by atomic mass is 32.2. The Bertz CT molecular complexity index is 2570. The molecule has 0 radical (unpaired) electrons. The van der Waals surface area contributed by atoms with E-state index in [2.05, 4.69) is 25.3 Å². The summed E-state index contributed by atoms with van der Waals surface area (Å²) in [6.07, 6.45) is -5.44. The fourth-order valence-corrected chi connectivity index (χ4v) is 6.23. The van der Waals surface area contributed by atoms with Gasteiger partial charge in [0.2, 0.25) is 10.0 Å². The van der Waals surface area contributed by atoms with Crippen LogP contribution >= 0.6 is 0 Å². The number of carbonyl (C=O) groups excluding carboxylic acids is 2. The first-order valence-electron chi connectivity index (χ1n) is 17.6. The summed E-state index contributed by atoms with van der Waals surface area (Å²) in [5, 5.41) is 5.21. The van der Waals surface area contributed by atoms with Crippen LogP contribution in [0.1, 0.15) is 66.4 Å². The van der Waals surface area contributed by atoms with Crippen LogP contribution in [0.2, 0.25) is 0 Å². The van der Waals surface area contributed by atoms with Gasteiger partial charge in [-0.2, -0.15) is 26.3 Å². The number of nitrogens with one attached hydrogen (secondary N) is 3. The lowest BCUT2D eigenvalue weighted by Crippen LogP contribution is -2.30. The van der Waals surface area contributed by atoms with Crippen molar-refractivity contribution in [2.45, 2.75) is 24.4 Å². The summed E-state index contributed by atoms with van der Waals surface area (Å²) in [4.78, 5) is 33.4. The third kappa shape index (κ3) is 12.3. The van der Waals surface area contributed by atoms with Gasteiger partial charge in [0.25, 0.3) is 11.8 Å². The van der Waals surface area contributed by atoms with Crippen LogP contribution in [0, 0.1) is 11.6 Å². The Hall–Kier alpha value is -6.89. The molecule has 0 aliphatic rings. The lowest BCUT2D eigenvalue weighted by Gasteiger charge is -2.20. The Morgan fingerprint density at radius 2 is 1.05 bits per heavy atom. The second-order valence-corrected chi connectivity index (χ2v) is 14.7. The number of benzene rings is 4. The maximum absolute atomic E-state index is 14.4. The first-order valence-corrected chi connectivity index (χ1v) is 19.5. The van der Waals surface area contributed by atoms with E-state index in [9.17, 15) is 53.1 Å². The number of hydrogen-bond donors (Lipinski definition) is 3. The largest absolute Gasteiger partial charge is 0.497 e. The number of alkyl halides is 6. The van der Waals surface area contributed by atoms with Crippen molar-refractivity contribution in [1.82, 2.24) is 20.6 Å². The first-order chi connectivity index (χ1) is 28.7. The molecular formula is C42H33F8N5O5S. The third-order valence-corrected chi connectivity index (χ3v) is 9.20. The van der Waals surface area contributed by atoms with E-state index in [4.69, 9.17) is 4.74 Å². The number of aromatic nitrogens is 2. The number of pyridine rings is 2. The summed E-state index contributed by atoms with van der Waals surface area (Å²) < 4.78 is 136. The molecule has 19 heteroatoms. The van der Waals surface area contributed by atoms with Gasteiger partial charge in [0.05, 0.1) is 36.6 Å². The molecule has 6 rings (SSSR count). The average molecular weight is 872 g/mol. The molecule has 0 spiro atoms.